The molecule has 3 rings (SSSR count). The highest BCUT2D eigenvalue weighted by molar-refractivity contribution is 5.11. The monoisotopic (exact) mass is 299 g/mol. The van der Waals surface area contributed by atoms with E-state index in [4.69, 9.17) is 0 Å². The van der Waals surface area contributed by atoms with Crippen molar-refractivity contribution in [3.05, 3.63) is 41.7 Å². The van der Waals surface area contributed by atoms with E-state index in [1.807, 2.05) is 24.0 Å². The lowest BCUT2D eigenvalue weighted by Crippen LogP contribution is -2.34. The molecule has 0 saturated carbocycles. The molecule has 1 fully saturated rings. The lowest BCUT2D eigenvalue weighted by Gasteiger charge is -2.32. The van der Waals surface area contributed by atoms with Gasteiger partial charge in [-0.15, -0.1) is 0 Å². The zero-order valence-corrected chi connectivity index (χ0v) is 13.6. The molecule has 0 spiro atoms. The summed E-state index contributed by atoms with van der Waals surface area (Å²) in [5, 5.41) is 4.43. The summed E-state index contributed by atoms with van der Waals surface area (Å²) in [7, 11) is 0. The molecule has 0 aromatic carbocycles. The van der Waals surface area contributed by atoms with Gasteiger partial charge in [0.15, 0.2) is 0 Å². The Hall–Kier alpha value is -1.75. The maximum Gasteiger partial charge on any atom is 0.125 e. The number of aryl methyl sites for hydroxylation is 2. The lowest BCUT2D eigenvalue weighted by atomic mass is 9.94. The molecular weight excluding hydrogens is 274 g/mol. The van der Waals surface area contributed by atoms with E-state index in [9.17, 15) is 0 Å². The normalized spacial score (nSPS) is 19.5. The number of aromatic nitrogens is 4. The molecule has 0 aliphatic carbocycles. The van der Waals surface area contributed by atoms with Gasteiger partial charge in [-0.3, -0.25) is 9.58 Å². The number of hydrogen-bond acceptors (Lipinski definition) is 4. The van der Waals surface area contributed by atoms with Crippen LogP contribution < -0.4 is 0 Å². The predicted molar refractivity (Wildman–Crippen MR) is 86.5 cm³/mol. The number of rotatable bonds is 5. The van der Waals surface area contributed by atoms with Gasteiger partial charge < -0.3 is 0 Å². The lowest BCUT2D eigenvalue weighted by molar-refractivity contribution is 0.198. The van der Waals surface area contributed by atoms with Crippen LogP contribution in [0.25, 0.3) is 0 Å². The van der Waals surface area contributed by atoms with Gasteiger partial charge in [0.05, 0.1) is 6.20 Å². The highest BCUT2D eigenvalue weighted by Gasteiger charge is 2.22. The van der Waals surface area contributed by atoms with Crippen molar-refractivity contribution in [1.29, 1.82) is 0 Å². The van der Waals surface area contributed by atoms with E-state index in [-0.39, 0.29) is 0 Å². The first kappa shape index (κ1) is 15.2. The van der Waals surface area contributed by atoms with E-state index in [0.29, 0.717) is 5.92 Å². The van der Waals surface area contributed by atoms with E-state index < -0.39 is 0 Å². The van der Waals surface area contributed by atoms with Gasteiger partial charge in [0, 0.05) is 49.2 Å². The van der Waals surface area contributed by atoms with Crippen LogP contribution in [0.5, 0.6) is 0 Å². The molecule has 1 atom stereocenters. The minimum absolute atomic E-state index is 0.529. The van der Waals surface area contributed by atoms with Crippen LogP contribution in [-0.2, 0) is 13.1 Å². The molecule has 2 aromatic heterocycles. The van der Waals surface area contributed by atoms with Crippen LogP contribution in [-0.4, -0.2) is 37.7 Å². The molecule has 118 valence electrons. The van der Waals surface area contributed by atoms with Crippen LogP contribution in [0.4, 0.5) is 0 Å². The van der Waals surface area contributed by atoms with E-state index in [2.05, 4.69) is 39.2 Å². The first-order chi connectivity index (χ1) is 10.7. The molecule has 5 nitrogen and oxygen atoms in total. The molecule has 3 heterocycles. The fraction of sp³-hybridized carbons (Fsp3) is 0.588. The molecule has 0 bridgehead atoms. The smallest absolute Gasteiger partial charge is 0.125 e. The summed E-state index contributed by atoms with van der Waals surface area (Å²) >= 11 is 0. The van der Waals surface area contributed by atoms with E-state index in [1.165, 1.54) is 30.6 Å². The van der Waals surface area contributed by atoms with Crippen molar-refractivity contribution in [2.24, 2.45) is 0 Å². The fourth-order valence-corrected chi connectivity index (χ4v) is 3.24. The standard InChI is InChI=1S/C17H25N5/c1-3-8-22-12-15(10-19-22)11-21-9-4-5-16(13-21)17-6-7-18-14(2)20-17/h6-7,10,12,16H,3-5,8-9,11,13H2,1-2H3. The zero-order chi connectivity index (χ0) is 15.4. The van der Waals surface area contributed by atoms with Gasteiger partial charge in [-0.1, -0.05) is 6.92 Å². The summed E-state index contributed by atoms with van der Waals surface area (Å²) in [6.07, 6.45) is 9.65. The summed E-state index contributed by atoms with van der Waals surface area (Å²) in [5.74, 6) is 1.40. The minimum Gasteiger partial charge on any atom is -0.298 e. The molecular formula is C17H25N5. The Bertz CT molecular complexity index is 607. The predicted octanol–water partition coefficient (Wildman–Crippen LogP) is 2.77. The van der Waals surface area contributed by atoms with Crippen molar-refractivity contribution in [3.63, 3.8) is 0 Å². The van der Waals surface area contributed by atoms with Crippen molar-refractivity contribution in [3.8, 4) is 0 Å². The molecule has 2 aromatic rings. The van der Waals surface area contributed by atoms with Crippen molar-refractivity contribution < 1.29 is 0 Å². The zero-order valence-electron chi connectivity index (χ0n) is 13.6. The first-order valence-corrected chi connectivity index (χ1v) is 8.28. The molecule has 0 radical (unpaired) electrons. The number of hydrogen-bond donors (Lipinski definition) is 0. The van der Waals surface area contributed by atoms with Crippen LogP contribution in [0.2, 0.25) is 0 Å². The van der Waals surface area contributed by atoms with Gasteiger partial charge in [-0.2, -0.15) is 5.10 Å². The van der Waals surface area contributed by atoms with Crippen LogP contribution >= 0.6 is 0 Å². The highest BCUT2D eigenvalue weighted by atomic mass is 15.3. The number of piperidine rings is 1. The summed E-state index contributed by atoms with van der Waals surface area (Å²) < 4.78 is 2.05. The first-order valence-electron chi connectivity index (χ1n) is 8.28. The Kier molecular flexibility index (Phi) is 4.83. The Morgan fingerprint density at radius 1 is 1.36 bits per heavy atom. The van der Waals surface area contributed by atoms with Gasteiger partial charge in [0.2, 0.25) is 0 Å². The topological polar surface area (TPSA) is 46.8 Å². The van der Waals surface area contributed by atoms with Crippen molar-refractivity contribution in [1.82, 2.24) is 24.6 Å². The average molecular weight is 299 g/mol. The van der Waals surface area contributed by atoms with Gasteiger partial charge in [0.25, 0.3) is 0 Å². The van der Waals surface area contributed by atoms with Crippen LogP contribution in [0, 0.1) is 6.92 Å². The summed E-state index contributed by atoms with van der Waals surface area (Å²) in [6, 6.07) is 2.07. The van der Waals surface area contributed by atoms with Gasteiger partial charge in [-0.25, -0.2) is 9.97 Å². The maximum atomic E-state index is 4.61. The van der Waals surface area contributed by atoms with Crippen molar-refractivity contribution >= 4 is 0 Å². The Balaban J connectivity index is 1.62. The van der Waals surface area contributed by atoms with Crippen LogP contribution in [0.15, 0.2) is 24.7 Å². The van der Waals surface area contributed by atoms with Crippen LogP contribution in [0.3, 0.4) is 0 Å². The third-order valence-corrected chi connectivity index (χ3v) is 4.27. The third kappa shape index (κ3) is 3.71. The van der Waals surface area contributed by atoms with E-state index in [0.717, 1.165) is 31.9 Å². The van der Waals surface area contributed by atoms with Crippen molar-refractivity contribution in [2.75, 3.05) is 13.1 Å². The average Bonchev–Trinajstić information content (AvgIpc) is 2.95. The molecule has 22 heavy (non-hydrogen) atoms. The van der Waals surface area contributed by atoms with Gasteiger partial charge in [-0.05, 0) is 38.8 Å². The second-order valence-electron chi connectivity index (χ2n) is 6.21. The largest absolute Gasteiger partial charge is 0.298 e. The molecule has 1 saturated heterocycles. The molecule has 1 aliphatic rings. The number of nitrogens with zero attached hydrogens (tertiary/aromatic N) is 5. The third-order valence-electron chi connectivity index (χ3n) is 4.27. The fourth-order valence-electron chi connectivity index (χ4n) is 3.24. The quantitative estimate of drug-likeness (QED) is 0.851. The minimum atomic E-state index is 0.529. The Morgan fingerprint density at radius 3 is 3.09 bits per heavy atom. The molecule has 5 heteroatoms. The van der Waals surface area contributed by atoms with E-state index >= 15 is 0 Å². The molecule has 0 N–H and O–H groups in total. The van der Waals surface area contributed by atoms with Gasteiger partial charge in [0.1, 0.15) is 5.82 Å². The Morgan fingerprint density at radius 2 is 2.27 bits per heavy atom. The highest BCUT2D eigenvalue weighted by Crippen LogP contribution is 2.26. The van der Waals surface area contributed by atoms with E-state index in [1.54, 1.807) is 0 Å². The van der Waals surface area contributed by atoms with Gasteiger partial charge >= 0.3 is 0 Å². The molecule has 1 aliphatic heterocycles. The second kappa shape index (κ2) is 7.01. The second-order valence-corrected chi connectivity index (χ2v) is 6.21. The number of likely N-dealkylation sites (tertiary alicyclic amines) is 1. The van der Waals surface area contributed by atoms with Crippen LogP contribution in [0.1, 0.15) is 49.2 Å². The SMILES string of the molecule is CCCn1cc(CN2CCCC(c3ccnc(C)n3)C2)cn1. The summed E-state index contributed by atoms with van der Waals surface area (Å²) in [6.45, 7) is 8.38. The molecule has 1 unspecified atom stereocenters. The maximum absolute atomic E-state index is 4.61. The summed E-state index contributed by atoms with van der Waals surface area (Å²) in [4.78, 5) is 11.3. The molecule has 0 amide bonds. The summed E-state index contributed by atoms with van der Waals surface area (Å²) in [5.41, 5.74) is 2.51. The van der Waals surface area contributed by atoms with Crippen molar-refractivity contribution in [2.45, 2.75) is 52.1 Å². The Labute approximate surface area is 132 Å².